The summed E-state index contributed by atoms with van der Waals surface area (Å²) in [5.74, 6) is 0.775. The lowest BCUT2D eigenvalue weighted by Gasteiger charge is -2.26. The molecule has 0 unspecified atom stereocenters. The second kappa shape index (κ2) is 9.76. The third-order valence-corrected chi connectivity index (χ3v) is 3.81. The van der Waals surface area contributed by atoms with E-state index in [9.17, 15) is 9.59 Å². The zero-order valence-corrected chi connectivity index (χ0v) is 16.2. The minimum Gasteiger partial charge on any atom is -0.489 e. The molecule has 0 N–H and O–H groups in total. The molecule has 2 aromatic carbocycles. The summed E-state index contributed by atoms with van der Waals surface area (Å²) in [5.41, 5.74) is 1.46. The van der Waals surface area contributed by atoms with Crippen LogP contribution in [0.25, 0.3) is 0 Å². The van der Waals surface area contributed by atoms with E-state index >= 15 is 0 Å². The number of rotatable bonds is 8. The predicted octanol–water partition coefficient (Wildman–Crippen LogP) is 4.24. The maximum atomic E-state index is 12.3. The topological polar surface area (TPSA) is 55.8 Å². The van der Waals surface area contributed by atoms with Gasteiger partial charge in [-0.1, -0.05) is 48.5 Å². The maximum Gasteiger partial charge on any atom is 0.410 e. The van der Waals surface area contributed by atoms with Crippen LogP contribution in [0.3, 0.4) is 0 Å². The van der Waals surface area contributed by atoms with Crippen LogP contribution >= 0.6 is 0 Å². The number of hydrogen-bond acceptors (Lipinski definition) is 4. The summed E-state index contributed by atoms with van der Waals surface area (Å²) in [4.78, 5) is 24.6. The van der Waals surface area contributed by atoms with E-state index < -0.39 is 11.7 Å². The second-order valence-corrected chi connectivity index (χ2v) is 7.23. The quantitative estimate of drug-likeness (QED) is 0.653. The molecule has 0 saturated heterocycles. The van der Waals surface area contributed by atoms with Gasteiger partial charge in [0, 0.05) is 6.54 Å². The molecule has 0 aliphatic heterocycles. The number of nitrogens with zero attached hydrogens (tertiary/aromatic N) is 1. The first-order chi connectivity index (χ1) is 12.9. The van der Waals surface area contributed by atoms with Crippen LogP contribution < -0.4 is 4.74 Å². The summed E-state index contributed by atoms with van der Waals surface area (Å²) < 4.78 is 11.3. The monoisotopic (exact) mass is 369 g/mol. The van der Waals surface area contributed by atoms with E-state index in [1.165, 1.54) is 4.90 Å². The lowest BCUT2D eigenvalue weighted by Crippen LogP contribution is -2.39. The molecular formula is C22H27NO4. The molecule has 0 aromatic heterocycles. The fourth-order valence-electron chi connectivity index (χ4n) is 2.52. The number of para-hydroxylation sites is 1. The van der Waals surface area contributed by atoms with Gasteiger partial charge >= 0.3 is 6.09 Å². The van der Waals surface area contributed by atoms with Crippen LogP contribution in [0.1, 0.15) is 31.9 Å². The highest BCUT2D eigenvalue weighted by molar-refractivity contribution is 5.71. The number of aldehydes is 1. The highest BCUT2D eigenvalue weighted by Gasteiger charge is 2.22. The first-order valence-corrected chi connectivity index (χ1v) is 9.05. The van der Waals surface area contributed by atoms with Crippen molar-refractivity contribution < 1.29 is 19.1 Å². The second-order valence-electron chi connectivity index (χ2n) is 7.23. The molecule has 0 radical (unpaired) electrons. The Bertz CT molecular complexity index is 737. The van der Waals surface area contributed by atoms with Gasteiger partial charge in [0.2, 0.25) is 0 Å². The number of hydrogen-bond donors (Lipinski definition) is 0. The zero-order valence-electron chi connectivity index (χ0n) is 16.2. The van der Waals surface area contributed by atoms with Gasteiger partial charge in [-0.15, -0.1) is 0 Å². The van der Waals surface area contributed by atoms with Crippen molar-refractivity contribution in [2.24, 2.45) is 0 Å². The minimum atomic E-state index is -0.602. The fourth-order valence-corrected chi connectivity index (χ4v) is 2.52. The standard InChI is InChI=1S/C22H27NO4/c1-22(2,3)27-21(25)23(15-16-24)14-13-19-11-7-8-12-20(19)26-17-18-9-5-4-6-10-18/h4-12,16H,13-15,17H2,1-3H3. The van der Waals surface area contributed by atoms with Gasteiger partial charge in [0.15, 0.2) is 0 Å². The fraction of sp³-hybridized carbons (Fsp3) is 0.364. The average molecular weight is 369 g/mol. The Morgan fingerprint density at radius 1 is 1.04 bits per heavy atom. The lowest BCUT2D eigenvalue weighted by molar-refractivity contribution is -0.109. The number of benzene rings is 2. The van der Waals surface area contributed by atoms with Crippen molar-refractivity contribution in [3.63, 3.8) is 0 Å². The van der Waals surface area contributed by atoms with Crippen molar-refractivity contribution in [2.75, 3.05) is 13.1 Å². The highest BCUT2D eigenvalue weighted by atomic mass is 16.6. The Morgan fingerprint density at radius 3 is 2.37 bits per heavy atom. The van der Waals surface area contributed by atoms with Gasteiger partial charge in [0.25, 0.3) is 0 Å². The van der Waals surface area contributed by atoms with Gasteiger partial charge in [0.05, 0.1) is 6.54 Å². The van der Waals surface area contributed by atoms with Gasteiger partial charge in [-0.3, -0.25) is 0 Å². The largest absolute Gasteiger partial charge is 0.489 e. The van der Waals surface area contributed by atoms with Gasteiger partial charge in [-0.2, -0.15) is 0 Å². The van der Waals surface area contributed by atoms with E-state index in [0.29, 0.717) is 25.9 Å². The summed E-state index contributed by atoms with van der Waals surface area (Å²) in [7, 11) is 0. The average Bonchev–Trinajstić information content (AvgIpc) is 2.63. The molecule has 2 rings (SSSR count). The molecule has 5 nitrogen and oxygen atoms in total. The Morgan fingerprint density at radius 2 is 1.70 bits per heavy atom. The molecule has 144 valence electrons. The maximum absolute atomic E-state index is 12.3. The molecular weight excluding hydrogens is 342 g/mol. The molecule has 1 amide bonds. The molecule has 0 spiro atoms. The summed E-state index contributed by atoms with van der Waals surface area (Å²) in [6, 6.07) is 17.7. The van der Waals surface area contributed by atoms with Crippen molar-refractivity contribution in [3.05, 3.63) is 65.7 Å². The Kier molecular flexibility index (Phi) is 7.41. The Labute approximate surface area is 160 Å². The molecule has 0 heterocycles. The van der Waals surface area contributed by atoms with Crippen LogP contribution in [0.15, 0.2) is 54.6 Å². The van der Waals surface area contributed by atoms with Gasteiger partial charge in [-0.25, -0.2) is 4.79 Å². The molecule has 0 atom stereocenters. The zero-order chi connectivity index (χ0) is 19.7. The van der Waals surface area contributed by atoms with E-state index in [-0.39, 0.29) is 6.54 Å². The first-order valence-electron chi connectivity index (χ1n) is 9.05. The third kappa shape index (κ3) is 7.13. The van der Waals surface area contributed by atoms with E-state index in [4.69, 9.17) is 9.47 Å². The van der Waals surface area contributed by atoms with Gasteiger partial charge in [-0.05, 0) is 44.4 Å². The SMILES string of the molecule is CC(C)(C)OC(=O)N(CC=O)CCc1ccccc1OCc1ccccc1. The normalized spacial score (nSPS) is 10.9. The number of amides is 1. The van der Waals surface area contributed by atoms with Crippen LogP contribution in [0.2, 0.25) is 0 Å². The summed E-state index contributed by atoms with van der Waals surface area (Å²) in [6.07, 6.45) is 0.789. The minimum absolute atomic E-state index is 0.00194. The van der Waals surface area contributed by atoms with Crippen molar-refractivity contribution in [1.82, 2.24) is 4.90 Å². The van der Waals surface area contributed by atoms with Crippen molar-refractivity contribution in [2.45, 2.75) is 39.4 Å². The van der Waals surface area contributed by atoms with Crippen molar-refractivity contribution in [1.29, 1.82) is 0 Å². The van der Waals surface area contributed by atoms with Crippen LogP contribution in [0.5, 0.6) is 5.75 Å². The smallest absolute Gasteiger partial charge is 0.410 e. The molecule has 0 bridgehead atoms. The number of ether oxygens (including phenoxy) is 2. The summed E-state index contributed by atoms with van der Waals surface area (Å²) in [5, 5.41) is 0. The van der Waals surface area contributed by atoms with E-state index in [1.54, 1.807) is 20.8 Å². The van der Waals surface area contributed by atoms with E-state index in [0.717, 1.165) is 16.9 Å². The third-order valence-electron chi connectivity index (χ3n) is 3.81. The van der Waals surface area contributed by atoms with Crippen LogP contribution in [0.4, 0.5) is 4.79 Å². The molecule has 0 fully saturated rings. The number of carbonyl (C=O) groups is 2. The van der Waals surface area contributed by atoms with Crippen LogP contribution in [-0.2, 0) is 22.6 Å². The lowest BCUT2D eigenvalue weighted by atomic mass is 10.1. The van der Waals surface area contributed by atoms with Crippen molar-refractivity contribution >= 4 is 12.4 Å². The molecule has 27 heavy (non-hydrogen) atoms. The Hall–Kier alpha value is -2.82. The highest BCUT2D eigenvalue weighted by Crippen LogP contribution is 2.20. The molecule has 0 aliphatic carbocycles. The molecule has 0 aliphatic rings. The van der Waals surface area contributed by atoms with Crippen LogP contribution in [0, 0.1) is 0 Å². The predicted molar refractivity (Wildman–Crippen MR) is 105 cm³/mol. The number of carbonyl (C=O) groups excluding carboxylic acids is 2. The van der Waals surface area contributed by atoms with E-state index in [1.807, 2.05) is 54.6 Å². The summed E-state index contributed by atoms with van der Waals surface area (Å²) >= 11 is 0. The van der Waals surface area contributed by atoms with Crippen molar-refractivity contribution in [3.8, 4) is 5.75 Å². The summed E-state index contributed by atoms with van der Waals surface area (Å²) in [6.45, 7) is 6.26. The first kappa shape index (κ1) is 20.5. The molecule has 0 saturated carbocycles. The Balaban J connectivity index is 2.00. The van der Waals surface area contributed by atoms with Crippen LogP contribution in [-0.4, -0.2) is 36.0 Å². The molecule has 5 heteroatoms. The van der Waals surface area contributed by atoms with Gasteiger partial charge in [0.1, 0.15) is 24.2 Å². The van der Waals surface area contributed by atoms with E-state index in [2.05, 4.69) is 0 Å². The molecule has 2 aromatic rings. The van der Waals surface area contributed by atoms with Gasteiger partial charge < -0.3 is 19.2 Å².